The molecule has 2 rings (SSSR count). The highest BCUT2D eigenvalue weighted by Gasteiger charge is 2.09. The Morgan fingerprint density at radius 1 is 1.14 bits per heavy atom. The van der Waals surface area contributed by atoms with Crippen LogP contribution < -0.4 is 15.8 Å². The standard InChI is InChI=1S/C18H22N2O2/c1-12-4-10-16(19)13(2)18(12)20-17(21)11-7-14-5-8-15(22-3)9-6-14/h4-6,8-10H,7,11,19H2,1-3H3,(H,20,21). The molecule has 0 aliphatic heterocycles. The van der Waals surface area contributed by atoms with Crippen LogP contribution in [0.15, 0.2) is 36.4 Å². The summed E-state index contributed by atoms with van der Waals surface area (Å²) < 4.78 is 5.12. The number of carbonyl (C=O) groups excluding carboxylic acids is 1. The van der Waals surface area contributed by atoms with Gasteiger partial charge >= 0.3 is 0 Å². The summed E-state index contributed by atoms with van der Waals surface area (Å²) in [4.78, 5) is 12.1. The highest BCUT2D eigenvalue weighted by molar-refractivity contribution is 5.93. The molecule has 0 saturated heterocycles. The van der Waals surface area contributed by atoms with Gasteiger partial charge in [0.25, 0.3) is 0 Å². The van der Waals surface area contributed by atoms with Gasteiger partial charge in [0.15, 0.2) is 0 Å². The quantitative estimate of drug-likeness (QED) is 0.831. The van der Waals surface area contributed by atoms with E-state index in [0.29, 0.717) is 18.5 Å². The Hall–Kier alpha value is -2.49. The Morgan fingerprint density at radius 3 is 2.45 bits per heavy atom. The maximum atomic E-state index is 12.1. The third-order valence-electron chi connectivity index (χ3n) is 3.78. The topological polar surface area (TPSA) is 64.3 Å². The number of aryl methyl sites for hydroxylation is 2. The average molecular weight is 298 g/mol. The Bertz CT molecular complexity index is 664. The summed E-state index contributed by atoms with van der Waals surface area (Å²) in [6.07, 6.45) is 1.12. The van der Waals surface area contributed by atoms with Crippen LogP contribution in [0.4, 0.5) is 11.4 Å². The van der Waals surface area contributed by atoms with Crippen molar-refractivity contribution in [3.8, 4) is 5.75 Å². The predicted molar refractivity (Wildman–Crippen MR) is 90.3 cm³/mol. The molecule has 0 bridgehead atoms. The molecular weight excluding hydrogens is 276 g/mol. The maximum Gasteiger partial charge on any atom is 0.224 e. The molecule has 4 nitrogen and oxygen atoms in total. The van der Waals surface area contributed by atoms with Gasteiger partial charge in [0.2, 0.25) is 5.91 Å². The van der Waals surface area contributed by atoms with Crippen LogP contribution >= 0.6 is 0 Å². The molecule has 0 atom stereocenters. The molecule has 0 radical (unpaired) electrons. The normalized spacial score (nSPS) is 10.3. The molecule has 2 aromatic carbocycles. The van der Waals surface area contributed by atoms with Crippen LogP contribution in [-0.2, 0) is 11.2 Å². The van der Waals surface area contributed by atoms with Crippen LogP contribution in [-0.4, -0.2) is 13.0 Å². The second kappa shape index (κ2) is 6.98. The van der Waals surface area contributed by atoms with E-state index in [1.165, 1.54) is 0 Å². The third-order valence-corrected chi connectivity index (χ3v) is 3.78. The van der Waals surface area contributed by atoms with Gasteiger partial charge in [-0.25, -0.2) is 0 Å². The van der Waals surface area contributed by atoms with E-state index >= 15 is 0 Å². The minimum Gasteiger partial charge on any atom is -0.497 e. The predicted octanol–water partition coefficient (Wildman–Crippen LogP) is 3.47. The zero-order chi connectivity index (χ0) is 16.1. The van der Waals surface area contributed by atoms with Crippen LogP contribution in [0.1, 0.15) is 23.1 Å². The van der Waals surface area contributed by atoms with Crippen LogP contribution in [0.2, 0.25) is 0 Å². The number of anilines is 2. The summed E-state index contributed by atoms with van der Waals surface area (Å²) in [7, 11) is 1.64. The highest BCUT2D eigenvalue weighted by Crippen LogP contribution is 2.25. The Balaban J connectivity index is 1.97. The largest absolute Gasteiger partial charge is 0.497 e. The number of ether oxygens (including phenoxy) is 1. The molecule has 1 amide bonds. The fourth-order valence-corrected chi connectivity index (χ4v) is 2.31. The van der Waals surface area contributed by atoms with Crippen molar-refractivity contribution < 1.29 is 9.53 Å². The Labute approximate surface area is 131 Å². The number of rotatable bonds is 5. The molecule has 0 aliphatic rings. The van der Waals surface area contributed by atoms with Gasteiger partial charge in [-0.2, -0.15) is 0 Å². The van der Waals surface area contributed by atoms with E-state index < -0.39 is 0 Å². The number of hydrogen-bond acceptors (Lipinski definition) is 3. The summed E-state index contributed by atoms with van der Waals surface area (Å²) in [5, 5.41) is 2.97. The first-order valence-corrected chi connectivity index (χ1v) is 7.29. The zero-order valence-corrected chi connectivity index (χ0v) is 13.3. The second-order valence-corrected chi connectivity index (χ2v) is 5.37. The summed E-state index contributed by atoms with van der Waals surface area (Å²) >= 11 is 0. The third kappa shape index (κ3) is 3.79. The fraction of sp³-hybridized carbons (Fsp3) is 0.278. The first kappa shape index (κ1) is 15.9. The van der Waals surface area contributed by atoms with E-state index in [9.17, 15) is 4.79 Å². The molecule has 2 aromatic rings. The number of methoxy groups -OCH3 is 1. The zero-order valence-electron chi connectivity index (χ0n) is 13.3. The lowest BCUT2D eigenvalue weighted by molar-refractivity contribution is -0.116. The van der Waals surface area contributed by atoms with E-state index in [2.05, 4.69) is 5.32 Å². The van der Waals surface area contributed by atoms with Crippen molar-refractivity contribution in [1.29, 1.82) is 0 Å². The van der Waals surface area contributed by atoms with Gasteiger partial charge in [0.05, 0.1) is 7.11 Å². The highest BCUT2D eigenvalue weighted by atomic mass is 16.5. The van der Waals surface area contributed by atoms with Gasteiger partial charge in [0, 0.05) is 17.8 Å². The smallest absolute Gasteiger partial charge is 0.224 e. The first-order valence-electron chi connectivity index (χ1n) is 7.29. The first-order chi connectivity index (χ1) is 10.5. The number of hydrogen-bond donors (Lipinski definition) is 2. The van der Waals surface area contributed by atoms with Gasteiger partial charge in [-0.1, -0.05) is 18.2 Å². The van der Waals surface area contributed by atoms with Crippen LogP contribution in [0.25, 0.3) is 0 Å². The number of nitrogens with one attached hydrogen (secondary N) is 1. The number of amides is 1. The van der Waals surface area contributed by atoms with Crippen LogP contribution in [0.5, 0.6) is 5.75 Å². The minimum atomic E-state index is -0.00684. The molecule has 4 heteroatoms. The molecule has 0 saturated carbocycles. The molecule has 22 heavy (non-hydrogen) atoms. The van der Waals surface area contributed by atoms with Crippen molar-refractivity contribution in [3.05, 3.63) is 53.1 Å². The molecule has 116 valence electrons. The Kier molecular flexibility index (Phi) is 5.04. The lowest BCUT2D eigenvalue weighted by Gasteiger charge is -2.13. The average Bonchev–Trinajstić information content (AvgIpc) is 2.53. The number of carbonyl (C=O) groups is 1. The van der Waals surface area contributed by atoms with E-state index in [1.54, 1.807) is 7.11 Å². The summed E-state index contributed by atoms with van der Waals surface area (Å²) in [5.41, 5.74) is 10.4. The minimum absolute atomic E-state index is 0.00684. The van der Waals surface area contributed by atoms with E-state index in [0.717, 1.165) is 28.1 Å². The molecule has 3 N–H and O–H groups in total. The second-order valence-electron chi connectivity index (χ2n) is 5.37. The molecule has 0 aromatic heterocycles. The summed E-state index contributed by atoms with van der Waals surface area (Å²) in [6.45, 7) is 3.88. The summed E-state index contributed by atoms with van der Waals surface area (Å²) in [6, 6.07) is 11.5. The molecule has 0 spiro atoms. The van der Waals surface area contributed by atoms with E-state index in [1.807, 2.05) is 50.2 Å². The lowest BCUT2D eigenvalue weighted by Crippen LogP contribution is -2.14. The van der Waals surface area contributed by atoms with Gasteiger partial charge in [-0.05, 0) is 55.2 Å². The van der Waals surface area contributed by atoms with E-state index in [-0.39, 0.29) is 5.91 Å². The van der Waals surface area contributed by atoms with Gasteiger partial charge in [-0.15, -0.1) is 0 Å². The van der Waals surface area contributed by atoms with Crippen molar-refractivity contribution in [3.63, 3.8) is 0 Å². The van der Waals surface area contributed by atoms with Gasteiger partial charge in [-0.3, -0.25) is 4.79 Å². The molecule has 0 unspecified atom stereocenters. The monoisotopic (exact) mass is 298 g/mol. The molecular formula is C18H22N2O2. The Morgan fingerprint density at radius 2 is 1.82 bits per heavy atom. The molecule has 0 aliphatic carbocycles. The van der Waals surface area contributed by atoms with Crippen LogP contribution in [0.3, 0.4) is 0 Å². The van der Waals surface area contributed by atoms with Gasteiger partial charge in [0.1, 0.15) is 5.75 Å². The SMILES string of the molecule is COc1ccc(CCC(=O)Nc2c(C)ccc(N)c2C)cc1. The number of nitrogens with two attached hydrogens (primary N) is 1. The van der Waals surface area contributed by atoms with Gasteiger partial charge < -0.3 is 15.8 Å². The summed E-state index contributed by atoms with van der Waals surface area (Å²) in [5.74, 6) is 0.812. The van der Waals surface area contributed by atoms with E-state index in [4.69, 9.17) is 10.5 Å². The van der Waals surface area contributed by atoms with Crippen molar-refractivity contribution >= 4 is 17.3 Å². The number of nitrogen functional groups attached to an aromatic ring is 1. The fourth-order valence-electron chi connectivity index (χ4n) is 2.31. The van der Waals surface area contributed by atoms with Crippen molar-refractivity contribution in [2.24, 2.45) is 0 Å². The van der Waals surface area contributed by atoms with Crippen molar-refractivity contribution in [2.75, 3.05) is 18.2 Å². The lowest BCUT2D eigenvalue weighted by atomic mass is 10.1. The number of benzene rings is 2. The van der Waals surface area contributed by atoms with Crippen molar-refractivity contribution in [2.45, 2.75) is 26.7 Å². The maximum absolute atomic E-state index is 12.1. The van der Waals surface area contributed by atoms with Crippen molar-refractivity contribution in [1.82, 2.24) is 0 Å². The molecule has 0 fully saturated rings. The molecule has 0 heterocycles. The van der Waals surface area contributed by atoms with Crippen LogP contribution in [0, 0.1) is 13.8 Å².